The van der Waals surface area contributed by atoms with Crippen molar-refractivity contribution in [1.29, 1.82) is 0 Å². The van der Waals surface area contributed by atoms with Crippen LogP contribution >= 0.6 is 0 Å². The summed E-state index contributed by atoms with van der Waals surface area (Å²) in [4.78, 5) is 12.1. The predicted octanol–water partition coefficient (Wildman–Crippen LogP) is 3.65. The summed E-state index contributed by atoms with van der Waals surface area (Å²) in [5.74, 6) is 1.16. The van der Waals surface area contributed by atoms with Crippen molar-refractivity contribution in [2.45, 2.75) is 20.3 Å². The third kappa shape index (κ3) is 4.71. The Kier molecular flexibility index (Phi) is 5.99. The number of hydrogen-bond acceptors (Lipinski definition) is 4. The van der Waals surface area contributed by atoms with Crippen molar-refractivity contribution in [3.63, 3.8) is 0 Å². The van der Waals surface area contributed by atoms with Crippen molar-refractivity contribution in [1.82, 2.24) is 9.78 Å². The number of benzene rings is 2. The van der Waals surface area contributed by atoms with Gasteiger partial charge in [-0.3, -0.25) is 9.48 Å². The Morgan fingerprint density at radius 3 is 2.25 bits per heavy atom. The van der Waals surface area contributed by atoms with E-state index < -0.39 is 0 Å². The topological polar surface area (TPSA) is 65.4 Å². The number of ether oxygens (including phenoxy) is 2. The molecule has 3 rings (SSSR count). The van der Waals surface area contributed by atoms with Gasteiger partial charge in [0.15, 0.2) is 6.61 Å². The fourth-order valence-electron chi connectivity index (χ4n) is 3.00. The minimum Gasteiger partial charge on any atom is -0.497 e. The lowest BCUT2D eigenvalue weighted by Gasteiger charge is -2.09. The fourth-order valence-corrected chi connectivity index (χ4v) is 3.00. The van der Waals surface area contributed by atoms with Crippen LogP contribution in [0.25, 0.3) is 0 Å². The molecule has 0 saturated carbocycles. The minimum atomic E-state index is -0.206. The van der Waals surface area contributed by atoms with E-state index in [9.17, 15) is 4.79 Å². The maximum Gasteiger partial charge on any atom is 0.262 e. The number of anilines is 1. The summed E-state index contributed by atoms with van der Waals surface area (Å²) < 4.78 is 12.5. The van der Waals surface area contributed by atoms with E-state index in [1.54, 1.807) is 31.4 Å². The van der Waals surface area contributed by atoms with Gasteiger partial charge in [0.2, 0.25) is 0 Å². The summed E-state index contributed by atoms with van der Waals surface area (Å²) in [5.41, 5.74) is 5.38. The van der Waals surface area contributed by atoms with Crippen molar-refractivity contribution in [2.75, 3.05) is 19.0 Å². The molecule has 0 radical (unpaired) electrons. The van der Waals surface area contributed by atoms with Crippen LogP contribution in [0, 0.1) is 13.8 Å². The van der Waals surface area contributed by atoms with Gasteiger partial charge in [0.1, 0.15) is 11.5 Å². The summed E-state index contributed by atoms with van der Waals surface area (Å²) in [6, 6.07) is 15.0. The molecule has 3 aromatic rings. The molecule has 6 nitrogen and oxygen atoms in total. The van der Waals surface area contributed by atoms with E-state index in [4.69, 9.17) is 9.47 Å². The van der Waals surface area contributed by atoms with Gasteiger partial charge in [-0.25, -0.2) is 0 Å². The molecule has 6 heteroatoms. The zero-order valence-corrected chi connectivity index (χ0v) is 16.7. The van der Waals surface area contributed by atoms with E-state index in [0.29, 0.717) is 5.75 Å². The molecule has 28 heavy (non-hydrogen) atoms. The number of methoxy groups -OCH3 is 1. The number of amides is 1. The monoisotopic (exact) mass is 379 g/mol. The molecule has 0 fully saturated rings. The zero-order chi connectivity index (χ0) is 20.1. The molecule has 1 amide bonds. The summed E-state index contributed by atoms with van der Waals surface area (Å²) in [6.07, 6.45) is 0.820. The molecule has 0 aliphatic rings. The van der Waals surface area contributed by atoms with Crippen molar-refractivity contribution >= 4 is 11.6 Å². The van der Waals surface area contributed by atoms with Crippen LogP contribution in [-0.4, -0.2) is 29.4 Å². The highest BCUT2D eigenvalue weighted by Gasteiger charge is 2.10. The van der Waals surface area contributed by atoms with Crippen molar-refractivity contribution in [2.24, 2.45) is 7.05 Å². The van der Waals surface area contributed by atoms with Gasteiger partial charge < -0.3 is 14.8 Å². The molecule has 0 saturated heterocycles. The number of nitrogens with zero attached hydrogens (tertiary/aromatic N) is 2. The molecule has 1 aromatic heterocycles. The van der Waals surface area contributed by atoms with E-state index in [0.717, 1.165) is 23.6 Å². The summed E-state index contributed by atoms with van der Waals surface area (Å²) in [5, 5.41) is 7.31. The zero-order valence-electron chi connectivity index (χ0n) is 16.7. The summed E-state index contributed by atoms with van der Waals surface area (Å²) in [7, 11) is 3.56. The third-order valence-electron chi connectivity index (χ3n) is 4.71. The second-order valence-corrected chi connectivity index (χ2v) is 6.66. The highest BCUT2D eigenvalue weighted by molar-refractivity contribution is 5.91. The third-order valence-corrected chi connectivity index (χ3v) is 4.71. The van der Waals surface area contributed by atoms with E-state index >= 15 is 0 Å². The van der Waals surface area contributed by atoms with Gasteiger partial charge in [0.05, 0.1) is 12.8 Å². The van der Waals surface area contributed by atoms with Gasteiger partial charge in [0, 0.05) is 30.4 Å². The van der Waals surface area contributed by atoms with E-state index in [-0.39, 0.29) is 12.5 Å². The maximum atomic E-state index is 12.1. The fraction of sp³-hybridized carbons (Fsp3) is 0.273. The highest BCUT2D eigenvalue weighted by atomic mass is 16.5. The molecule has 0 spiro atoms. The number of nitrogens with one attached hydrogen (secondary N) is 1. The van der Waals surface area contributed by atoms with Crippen LogP contribution in [0.4, 0.5) is 5.69 Å². The summed E-state index contributed by atoms with van der Waals surface area (Å²) >= 11 is 0. The number of aryl methyl sites for hydroxylation is 2. The average molecular weight is 379 g/mol. The van der Waals surface area contributed by atoms with Crippen LogP contribution < -0.4 is 14.8 Å². The Bertz CT molecular complexity index is 944. The average Bonchev–Trinajstić information content (AvgIpc) is 2.94. The first-order valence-corrected chi connectivity index (χ1v) is 9.11. The quantitative estimate of drug-likeness (QED) is 0.680. The Morgan fingerprint density at radius 2 is 1.68 bits per heavy atom. The van der Waals surface area contributed by atoms with Crippen molar-refractivity contribution < 1.29 is 14.3 Å². The maximum absolute atomic E-state index is 12.1. The molecular weight excluding hydrogens is 354 g/mol. The molecule has 0 aliphatic heterocycles. The van der Waals surface area contributed by atoms with Crippen molar-refractivity contribution in [3.05, 3.63) is 71.0 Å². The molecule has 0 aliphatic carbocycles. The summed E-state index contributed by atoms with van der Waals surface area (Å²) in [6.45, 7) is 4.05. The van der Waals surface area contributed by atoms with Gasteiger partial charge >= 0.3 is 0 Å². The Morgan fingerprint density at radius 1 is 1.04 bits per heavy atom. The Balaban J connectivity index is 1.53. The molecule has 1 N–H and O–H groups in total. The second kappa shape index (κ2) is 8.61. The smallest absolute Gasteiger partial charge is 0.262 e. The number of carbonyl (C=O) groups excluding carboxylic acids is 1. The second-order valence-electron chi connectivity index (χ2n) is 6.66. The van der Waals surface area contributed by atoms with E-state index in [2.05, 4.69) is 17.3 Å². The standard InChI is InChI=1S/C22H25N3O3/c1-15-21(16(2)25(3)24-15)13-17-5-7-18(8-6-17)23-22(26)14-28-20-11-9-19(27-4)10-12-20/h5-12H,13-14H2,1-4H3,(H,23,26). The molecule has 0 atom stereocenters. The lowest BCUT2D eigenvalue weighted by atomic mass is 10.0. The molecular formula is C22H25N3O3. The van der Waals surface area contributed by atoms with Gasteiger partial charge in [-0.15, -0.1) is 0 Å². The molecule has 1 heterocycles. The van der Waals surface area contributed by atoms with Gasteiger partial charge in [-0.1, -0.05) is 12.1 Å². The number of aromatic nitrogens is 2. The first-order valence-electron chi connectivity index (χ1n) is 9.11. The van der Waals surface area contributed by atoms with Crippen LogP contribution in [0.15, 0.2) is 48.5 Å². The molecule has 2 aromatic carbocycles. The van der Waals surface area contributed by atoms with E-state index in [1.807, 2.05) is 42.9 Å². The first-order chi connectivity index (χ1) is 13.5. The van der Waals surface area contributed by atoms with Crippen LogP contribution in [0.2, 0.25) is 0 Å². The largest absolute Gasteiger partial charge is 0.497 e. The highest BCUT2D eigenvalue weighted by Crippen LogP contribution is 2.19. The molecule has 0 unspecified atom stereocenters. The Labute approximate surface area is 165 Å². The van der Waals surface area contributed by atoms with Crippen molar-refractivity contribution in [3.8, 4) is 11.5 Å². The van der Waals surface area contributed by atoms with E-state index in [1.165, 1.54) is 16.8 Å². The lowest BCUT2D eigenvalue weighted by molar-refractivity contribution is -0.118. The van der Waals surface area contributed by atoms with Gasteiger partial charge in [0.25, 0.3) is 5.91 Å². The first kappa shape index (κ1) is 19.5. The molecule has 146 valence electrons. The number of hydrogen-bond donors (Lipinski definition) is 1. The Hall–Kier alpha value is -3.28. The van der Waals surface area contributed by atoms with Crippen LogP contribution in [0.1, 0.15) is 22.5 Å². The lowest BCUT2D eigenvalue weighted by Crippen LogP contribution is -2.20. The van der Waals surface area contributed by atoms with Crippen LogP contribution in [-0.2, 0) is 18.3 Å². The van der Waals surface area contributed by atoms with Crippen LogP contribution in [0.3, 0.4) is 0 Å². The predicted molar refractivity (Wildman–Crippen MR) is 109 cm³/mol. The number of rotatable bonds is 7. The minimum absolute atomic E-state index is 0.0534. The van der Waals surface area contributed by atoms with Gasteiger partial charge in [-0.2, -0.15) is 5.10 Å². The normalized spacial score (nSPS) is 10.6. The van der Waals surface area contributed by atoms with Gasteiger partial charge in [-0.05, 0) is 55.8 Å². The van der Waals surface area contributed by atoms with Crippen LogP contribution in [0.5, 0.6) is 11.5 Å². The number of carbonyl (C=O) groups is 1. The molecule has 0 bridgehead atoms. The SMILES string of the molecule is COc1ccc(OCC(=O)Nc2ccc(Cc3c(C)nn(C)c3C)cc2)cc1.